The quantitative estimate of drug-likeness (QED) is 0.211. The summed E-state index contributed by atoms with van der Waals surface area (Å²) < 4.78 is 0. The second-order valence-electron chi connectivity index (χ2n) is 10.7. The number of nitrogens with zero attached hydrogens (tertiary/aromatic N) is 3. The average molecular weight is 544 g/mol. The van der Waals surface area contributed by atoms with Gasteiger partial charge in [-0.25, -0.2) is 4.90 Å². The smallest absolute Gasteiger partial charge is 0.265 e. The molecule has 0 unspecified atom stereocenters. The second-order valence-corrected chi connectivity index (χ2v) is 10.7. The molecular formula is C37H25N3O2. The van der Waals surface area contributed by atoms with Crippen LogP contribution in [0, 0.1) is 0 Å². The maximum absolute atomic E-state index is 13.7. The van der Waals surface area contributed by atoms with Gasteiger partial charge in [0, 0.05) is 28.5 Å². The molecule has 6 aromatic rings. The van der Waals surface area contributed by atoms with Crippen molar-refractivity contribution in [3.8, 4) is 0 Å². The summed E-state index contributed by atoms with van der Waals surface area (Å²) in [6.07, 6.45) is 0.684. The SMILES string of the molecule is O=C1c2cccc3c(C4=NN(c5ccccc5)[C@H](c5ccc6ccccc6c5)C4)ccc(c23)C(=O)N1c1ccccc1. The Morgan fingerprint density at radius 3 is 1.98 bits per heavy atom. The number of rotatable bonds is 4. The van der Waals surface area contributed by atoms with Crippen LogP contribution >= 0.6 is 0 Å². The molecule has 2 aliphatic heterocycles. The monoisotopic (exact) mass is 543 g/mol. The highest BCUT2D eigenvalue weighted by Gasteiger charge is 2.36. The van der Waals surface area contributed by atoms with Crippen LogP contribution in [0.3, 0.4) is 0 Å². The van der Waals surface area contributed by atoms with Crippen molar-refractivity contribution in [3.05, 3.63) is 156 Å². The lowest BCUT2D eigenvalue weighted by atomic mass is 9.88. The Labute approximate surface area is 242 Å². The highest BCUT2D eigenvalue weighted by molar-refractivity contribution is 6.36. The fourth-order valence-electron chi connectivity index (χ4n) is 6.33. The molecule has 0 bridgehead atoms. The molecule has 2 heterocycles. The van der Waals surface area contributed by atoms with Gasteiger partial charge in [-0.2, -0.15) is 5.10 Å². The second kappa shape index (κ2) is 9.53. The van der Waals surface area contributed by atoms with Crippen LogP contribution in [0.1, 0.15) is 44.3 Å². The van der Waals surface area contributed by atoms with Crippen molar-refractivity contribution >= 4 is 50.4 Å². The molecule has 5 nitrogen and oxygen atoms in total. The van der Waals surface area contributed by atoms with Crippen LogP contribution in [-0.2, 0) is 0 Å². The van der Waals surface area contributed by atoms with E-state index in [-0.39, 0.29) is 17.9 Å². The number of hydrogen-bond acceptors (Lipinski definition) is 4. The minimum atomic E-state index is -0.310. The van der Waals surface area contributed by atoms with Crippen LogP contribution in [-0.4, -0.2) is 17.5 Å². The third-order valence-corrected chi connectivity index (χ3v) is 8.32. The number of imide groups is 1. The number of amides is 2. The molecule has 2 aliphatic rings. The number of fused-ring (bicyclic) bond motifs is 1. The molecule has 0 aliphatic carbocycles. The van der Waals surface area contributed by atoms with E-state index in [1.54, 1.807) is 12.1 Å². The number of carbonyl (C=O) groups excluding carboxylic acids is 2. The Morgan fingerprint density at radius 2 is 1.21 bits per heavy atom. The molecule has 5 heteroatoms. The number of carbonyl (C=O) groups is 2. The van der Waals surface area contributed by atoms with Crippen molar-refractivity contribution in [2.75, 3.05) is 9.91 Å². The molecule has 0 saturated carbocycles. The highest BCUT2D eigenvalue weighted by Crippen LogP contribution is 2.40. The molecule has 0 fully saturated rings. The largest absolute Gasteiger partial charge is 0.268 e. The highest BCUT2D eigenvalue weighted by atomic mass is 16.2. The summed E-state index contributed by atoms with van der Waals surface area (Å²) in [6.45, 7) is 0. The van der Waals surface area contributed by atoms with Crippen LogP contribution in [0.4, 0.5) is 11.4 Å². The van der Waals surface area contributed by atoms with Crippen molar-refractivity contribution in [1.29, 1.82) is 0 Å². The minimum absolute atomic E-state index is 0.00495. The van der Waals surface area contributed by atoms with Gasteiger partial charge in [-0.3, -0.25) is 14.6 Å². The van der Waals surface area contributed by atoms with Gasteiger partial charge in [0.05, 0.1) is 23.1 Å². The number of hydrogen-bond donors (Lipinski definition) is 0. The van der Waals surface area contributed by atoms with E-state index in [4.69, 9.17) is 5.10 Å². The van der Waals surface area contributed by atoms with Crippen LogP contribution < -0.4 is 9.91 Å². The fraction of sp³-hybridized carbons (Fsp3) is 0.0541. The molecule has 0 spiro atoms. The first-order valence-corrected chi connectivity index (χ1v) is 14.1. The van der Waals surface area contributed by atoms with Crippen molar-refractivity contribution < 1.29 is 9.59 Å². The van der Waals surface area contributed by atoms with Crippen molar-refractivity contribution in [1.82, 2.24) is 0 Å². The van der Waals surface area contributed by atoms with Crippen molar-refractivity contribution in [3.63, 3.8) is 0 Å². The molecule has 0 radical (unpaired) electrons. The molecule has 0 saturated heterocycles. The van der Waals surface area contributed by atoms with Gasteiger partial charge in [-0.1, -0.05) is 91.0 Å². The summed E-state index contributed by atoms with van der Waals surface area (Å²) in [4.78, 5) is 28.7. The van der Waals surface area contributed by atoms with Gasteiger partial charge in [0.15, 0.2) is 0 Å². The molecule has 1 atom stereocenters. The maximum atomic E-state index is 13.7. The Balaban J connectivity index is 1.25. The van der Waals surface area contributed by atoms with Gasteiger partial charge >= 0.3 is 0 Å². The number of anilines is 2. The van der Waals surface area contributed by atoms with E-state index in [2.05, 4.69) is 59.6 Å². The van der Waals surface area contributed by atoms with Gasteiger partial charge < -0.3 is 0 Å². The van der Waals surface area contributed by atoms with E-state index in [0.29, 0.717) is 28.6 Å². The number of para-hydroxylation sites is 2. The predicted molar refractivity (Wildman–Crippen MR) is 168 cm³/mol. The lowest BCUT2D eigenvalue weighted by molar-refractivity contribution is 0.0893. The van der Waals surface area contributed by atoms with E-state index in [1.165, 1.54) is 21.2 Å². The van der Waals surface area contributed by atoms with Crippen LogP contribution in [0.25, 0.3) is 21.5 Å². The zero-order chi connectivity index (χ0) is 28.2. The van der Waals surface area contributed by atoms with Gasteiger partial charge in [-0.15, -0.1) is 0 Å². The summed E-state index contributed by atoms with van der Waals surface area (Å²) in [7, 11) is 0. The zero-order valence-electron chi connectivity index (χ0n) is 22.6. The summed E-state index contributed by atoms with van der Waals surface area (Å²) >= 11 is 0. The summed E-state index contributed by atoms with van der Waals surface area (Å²) in [6, 6.07) is 43.9. The molecule has 6 aromatic carbocycles. The van der Waals surface area contributed by atoms with Crippen LogP contribution in [0.15, 0.2) is 139 Å². The standard InChI is InChI=1S/C37H25N3O2/c41-36-31-17-9-16-30-29(20-21-32(35(30)31)37(42)39(36)27-12-3-1-4-13-27)33-23-34(40(38-33)28-14-5-2-6-15-28)26-19-18-24-10-7-8-11-25(24)22-26/h1-22,34H,23H2/t34-/m0/s1. The maximum Gasteiger partial charge on any atom is 0.265 e. The number of hydrazone groups is 1. The first-order chi connectivity index (χ1) is 20.7. The first kappa shape index (κ1) is 24.3. The molecule has 42 heavy (non-hydrogen) atoms. The molecule has 200 valence electrons. The van der Waals surface area contributed by atoms with Gasteiger partial charge in [-0.05, 0) is 64.2 Å². The van der Waals surface area contributed by atoms with E-state index >= 15 is 0 Å². The minimum Gasteiger partial charge on any atom is -0.268 e. The fourth-order valence-corrected chi connectivity index (χ4v) is 6.33. The van der Waals surface area contributed by atoms with Gasteiger partial charge in [0.25, 0.3) is 11.8 Å². The number of benzene rings is 6. The summed E-state index contributed by atoms with van der Waals surface area (Å²) in [5.74, 6) is -0.621. The Bertz CT molecular complexity index is 2050. The topological polar surface area (TPSA) is 53.0 Å². The molecule has 0 aromatic heterocycles. The van der Waals surface area contributed by atoms with E-state index in [9.17, 15) is 9.59 Å². The average Bonchev–Trinajstić information content (AvgIpc) is 3.49. The third-order valence-electron chi connectivity index (χ3n) is 8.32. The normalized spacial score (nSPS) is 16.4. The molecule has 0 N–H and O–H groups in total. The first-order valence-electron chi connectivity index (χ1n) is 14.1. The van der Waals surface area contributed by atoms with Crippen LogP contribution in [0.2, 0.25) is 0 Å². The van der Waals surface area contributed by atoms with E-state index in [0.717, 1.165) is 22.3 Å². The van der Waals surface area contributed by atoms with E-state index in [1.807, 2.05) is 66.7 Å². The molecule has 8 rings (SSSR count). The van der Waals surface area contributed by atoms with Crippen molar-refractivity contribution in [2.24, 2.45) is 5.10 Å². The van der Waals surface area contributed by atoms with Gasteiger partial charge in [0.1, 0.15) is 0 Å². The molecular weight excluding hydrogens is 518 g/mol. The Kier molecular flexibility index (Phi) is 5.50. The third kappa shape index (κ3) is 3.75. The summed E-state index contributed by atoms with van der Waals surface area (Å²) in [5.41, 5.74) is 5.67. The Morgan fingerprint density at radius 1 is 0.571 bits per heavy atom. The van der Waals surface area contributed by atoms with Gasteiger partial charge in [0.2, 0.25) is 0 Å². The lowest BCUT2D eigenvalue weighted by Crippen LogP contribution is -2.40. The zero-order valence-corrected chi connectivity index (χ0v) is 22.6. The lowest BCUT2D eigenvalue weighted by Gasteiger charge is -2.27. The Hall–Kier alpha value is -5.55. The summed E-state index contributed by atoms with van der Waals surface area (Å²) in [5, 5.41) is 11.2. The van der Waals surface area contributed by atoms with Crippen molar-refractivity contribution in [2.45, 2.75) is 12.5 Å². The van der Waals surface area contributed by atoms with E-state index < -0.39 is 0 Å². The predicted octanol–water partition coefficient (Wildman–Crippen LogP) is 8.15. The molecule has 2 amide bonds. The van der Waals surface area contributed by atoms with Crippen LogP contribution in [0.5, 0.6) is 0 Å².